The summed E-state index contributed by atoms with van der Waals surface area (Å²) in [4.78, 5) is 11.6. The van der Waals surface area contributed by atoms with Crippen LogP contribution in [-0.2, 0) is 4.79 Å². The molecule has 1 rings (SSSR count). The largest absolute Gasteiger partial charge is 0.388 e. The number of hydrogen-bond donors (Lipinski definition) is 3. The van der Waals surface area contributed by atoms with Crippen molar-refractivity contribution in [2.24, 2.45) is 0 Å². The third-order valence-corrected chi connectivity index (χ3v) is 3.45. The molecule has 1 fully saturated rings. The molecule has 16 heavy (non-hydrogen) atoms. The highest BCUT2D eigenvalue weighted by Gasteiger charge is 2.28. The summed E-state index contributed by atoms with van der Waals surface area (Å²) in [5.41, 5.74) is -0.681. The van der Waals surface area contributed by atoms with E-state index in [2.05, 4.69) is 10.6 Å². The standard InChI is InChI=1S/C12H24N2O2/c1-10(13-2)11(15)14-9-12(16)7-5-3-4-6-8-12/h10,13,16H,3-9H2,1-2H3,(H,14,15). The molecule has 0 spiro atoms. The zero-order valence-corrected chi connectivity index (χ0v) is 10.4. The fourth-order valence-electron chi connectivity index (χ4n) is 2.10. The van der Waals surface area contributed by atoms with Gasteiger partial charge in [-0.3, -0.25) is 4.79 Å². The number of carbonyl (C=O) groups excluding carboxylic acids is 1. The number of nitrogens with one attached hydrogen (secondary N) is 2. The van der Waals surface area contributed by atoms with Crippen molar-refractivity contribution >= 4 is 5.91 Å². The van der Waals surface area contributed by atoms with Gasteiger partial charge in [0.2, 0.25) is 5.91 Å². The summed E-state index contributed by atoms with van der Waals surface area (Å²) < 4.78 is 0. The van der Waals surface area contributed by atoms with Gasteiger partial charge in [-0.05, 0) is 26.8 Å². The molecule has 4 nitrogen and oxygen atoms in total. The van der Waals surface area contributed by atoms with Crippen LogP contribution in [0.5, 0.6) is 0 Å². The van der Waals surface area contributed by atoms with E-state index >= 15 is 0 Å². The van der Waals surface area contributed by atoms with Crippen molar-refractivity contribution in [1.82, 2.24) is 10.6 Å². The Hall–Kier alpha value is -0.610. The summed E-state index contributed by atoms with van der Waals surface area (Å²) in [6.45, 7) is 2.20. The van der Waals surface area contributed by atoms with Crippen molar-refractivity contribution in [3.63, 3.8) is 0 Å². The molecule has 1 saturated carbocycles. The van der Waals surface area contributed by atoms with Gasteiger partial charge >= 0.3 is 0 Å². The third kappa shape index (κ3) is 4.10. The van der Waals surface area contributed by atoms with Crippen molar-refractivity contribution < 1.29 is 9.90 Å². The number of aliphatic hydroxyl groups is 1. The lowest BCUT2D eigenvalue weighted by Crippen LogP contribution is -2.47. The molecule has 0 aromatic carbocycles. The van der Waals surface area contributed by atoms with E-state index in [1.165, 1.54) is 12.8 Å². The topological polar surface area (TPSA) is 61.4 Å². The fraction of sp³-hybridized carbons (Fsp3) is 0.917. The zero-order chi connectivity index (χ0) is 12.0. The Bertz CT molecular complexity index is 223. The van der Waals surface area contributed by atoms with E-state index in [4.69, 9.17) is 0 Å². The summed E-state index contributed by atoms with van der Waals surface area (Å²) >= 11 is 0. The van der Waals surface area contributed by atoms with E-state index in [0.717, 1.165) is 25.7 Å². The molecule has 0 aromatic rings. The summed E-state index contributed by atoms with van der Waals surface area (Å²) in [5.74, 6) is -0.0415. The summed E-state index contributed by atoms with van der Waals surface area (Å²) in [6, 6.07) is -0.200. The zero-order valence-electron chi connectivity index (χ0n) is 10.4. The van der Waals surface area contributed by atoms with Gasteiger partial charge in [-0.15, -0.1) is 0 Å². The van der Waals surface area contributed by atoms with Crippen LogP contribution in [0.15, 0.2) is 0 Å². The van der Waals surface area contributed by atoms with E-state index in [-0.39, 0.29) is 11.9 Å². The number of amides is 1. The van der Waals surface area contributed by atoms with Crippen molar-refractivity contribution in [3.05, 3.63) is 0 Å². The number of hydrogen-bond acceptors (Lipinski definition) is 3. The first-order valence-electron chi connectivity index (χ1n) is 6.25. The highest BCUT2D eigenvalue weighted by Crippen LogP contribution is 2.26. The molecular formula is C12H24N2O2. The molecule has 0 aliphatic heterocycles. The van der Waals surface area contributed by atoms with Gasteiger partial charge in [0.15, 0.2) is 0 Å². The first-order valence-corrected chi connectivity index (χ1v) is 6.25. The molecule has 0 heterocycles. The van der Waals surface area contributed by atoms with Crippen LogP contribution in [0.3, 0.4) is 0 Å². The highest BCUT2D eigenvalue weighted by molar-refractivity contribution is 5.81. The number of rotatable bonds is 4. The Morgan fingerprint density at radius 3 is 2.38 bits per heavy atom. The van der Waals surface area contributed by atoms with Crippen LogP contribution in [0.4, 0.5) is 0 Å². The van der Waals surface area contributed by atoms with Gasteiger partial charge in [0.25, 0.3) is 0 Å². The van der Waals surface area contributed by atoms with Gasteiger partial charge in [-0.2, -0.15) is 0 Å². The second-order valence-electron chi connectivity index (χ2n) is 4.87. The molecule has 0 aromatic heterocycles. The molecule has 1 aliphatic rings. The SMILES string of the molecule is CNC(C)C(=O)NCC1(O)CCCCCC1. The number of likely N-dealkylation sites (N-methyl/N-ethyl adjacent to an activating group) is 1. The van der Waals surface area contributed by atoms with Crippen LogP contribution in [0, 0.1) is 0 Å². The minimum Gasteiger partial charge on any atom is -0.388 e. The molecule has 0 bridgehead atoms. The van der Waals surface area contributed by atoms with E-state index in [9.17, 15) is 9.90 Å². The Morgan fingerprint density at radius 1 is 1.31 bits per heavy atom. The Balaban J connectivity index is 2.37. The van der Waals surface area contributed by atoms with Crippen molar-refractivity contribution in [1.29, 1.82) is 0 Å². The van der Waals surface area contributed by atoms with Crippen molar-refractivity contribution in [2.75, 3.05) is 13.6 Å². The highest BCUT2D eigenvalue weighted by atomic mass is 16.3. The lowest BCUT2D eigenvalue weighted by molar-refractivity contribution is -0.124. The molecule has 1 atom stereocenters. The van der Waals surface area contributed by atoms with Crippen LogP contribution in [0.2, 0.25) is 0 Å². The molecule has 0 radical (unpaired) electrons. The minimum absolute atomic E-state index is 0.0415. The molecular weight excluding hydrogens is 204 g/mol. The van der Waals surface area contributed by atoms with Crippen LogP contribution in [-0.4, -0.2) is 36.2 Å². The van der Waals surface area contributed by atoms with E-state index in [0.29, 0.717) is 6.54 Å². The average molecular weight is 228 g/mol. The maximum atomic E-state index is 11.6. The monoisotopic (exact) mass is 228 g/mol. The molecule has 1 amide bonds. The first-order chi connectivity index (χ1) is 7.57. The summed E-state index contributed by atoms with van der Waals surface area (Å²) in [7, 11) is 1.75. The van der Waals surface area contributed by atoms with Gasteiger partial charge < -0.3 is 15.7 Å². The predicted octanol–water partition coefficient (Wildman–Crippen LogP) is 0.796. The van der Waals surface area contributed by atoms with Crippen LogP contribution in [0.25, 0.3) is 0 Å². The molecule has 1 aliphatic carbocycles. The van der Waals surface area contributed by atoms with Gasteiger partial charge in [-0.1, -0.05) is 25.7 Å². The minimum atomic E-state index is -0.681. The molecule has 4 heteroatoms. The fourth-order valence-corrected chi connectivity index (χ4v) is 2.10. The Morgan fingerprint density at radius 2 is 1.88 bits per heavy atom. The molecule has 94 valence electrons. The normalized spacial score (nSPS) is 22.2. The summed E-state index contributed by atoms with van der Waals surface area (Å²) in [5, 5.41) is 16.0. The summed E-state index contributed by atoms with van der Waals surface area (Å²) in [6.07, 6.45) is 6.14. The van der Waals surface area contributed by atoms with E-state index in [1.54, 1.807) is 7.05 Å². The van der Waals surface area contributed by atoms with Gasteiger partial charge in [-0.25, -0.2) is 0 Å². The molecule has 1 unspecified atom stereocenters. The van der Waals surface area contributed by atoms with Crippen molar-refractivity contribution in [2.45, 2.75) is 57.1 Å². The lowest BCUT2D eigenvalue weighted by Gasteiger charge is -2.27. The Kier molecular flexibility index (Phi) is 5.22. The van der Waals surface area contributed by atoms with Gasteiger partial charge in [0.05, 0.1) is 11.6 Å². The predicted molar refractivity (Wildman–Crippen MR) is 64.2 cm³/mol. The van der Waals surface area contributed by atoms with Crippen molar-refractivity contribution in [3.8, 4) is 0 Å². The quantitative estimate of drug-likeness (QED) is 0.624. The Labute approximate surface area is 97.8 Å². The van der Waals surface area contributed by atoms with Gasteiger partial charge in [0, 0.05) is 6.54 Å². The maximum Gasteiger partial charge on any atom is 0.236 e. The molecule has 0 saturated heterocycles. The molecule has 3 N–H and O–H groups in total. The average Bonchev–Trinajstić information content (AvgIpc) is 2.50. The van der Waals surface area contributed by atoms with Crippen LogP contribution < -0.4 is 10.6 Å². The van der Waals surface area contributed by atoms with E-state index < -0.39 is 5.60 Å². The van der Waals surface area contributed by atoms with Gasteiger partial charge in [0.1, 0.15) is 0 Å². The first kappa shape index (κ1) is 13.5. The second-order valence-corrected chi connectivity index (χ2v) is 4.87. The van der Waals surface area contributed by atoms with E-state index in [1.807, 2.05) is 6.92 Å². The third-order valence-electron chi connectivity index (χ3n) is 3.45. The lowest BCUT2D eigenvalue weighted by atomic mass is 9.94. The maximum absolute atomic E-state index is 11.6. The second kappa shape index (κ2) is 6.21. The number of carbonyl (C=O) groups is 1. The van der Waals surface area contributed by atoms with Crippen LogP contribution in [0.1, 0.15) is 45.4 Å². The van der Waals surface area contributed by atoms with Crippen LogP contribution >= 0.6 is 0 Å². The smallest absolute Gasteiger partial charge is 0.236 e.